The van der Waals surface area contributed by atoms with E-state index in [2.05, 4.69) is 93.8 Å². The SMILES string of the molecule is CNC(C)(C)CC(C)(C)C(C)CCNC(C)(C)C(C)(C)C(C)C. The van der Waals surface area contributed by atoms with Gasteiger partial charge in [-0.05, 0) is 76.8 Å². The highest BCUT2D eigenvalue weighted by atomic mass is 15.0. The van der Waals surface area contributed by atoms with Crippen LogP contribution in [0.3, 0.4) is 0 Å². The normalized spacial score (nSPS) is 16.0. The monoisotopic (exact) mass is 326 g/mol. The van der Waals surface area contributed by atoms with Crippen molar-refractivity contribution in [2.45, 2.75) is 100 Å². The average Bonchev–Trinajstić information content (AvgIpc) is 2.36. The first kappa shape index (κ1) is 22.9. The van der Waals surface area contributed by atoms with Gasteiger partial charge in [0, 0.05) is 11.1 Å². The van der Waals surface area contributed by atoms with Gasteiger partial charge in [-0.3, -0.25) is 0 Å². The van der Waals surface area contributed by atoms with E-state index in [-0.39, 0.29) is 16.5 Å². The maximum atomic E-state index is 3.84. The van der Waals surface area contributed by atoms with Crippen molar-refractivity contribution in [2.75, 3.05) is 13.6 Å². The van der Waals surface area contributed by atoms with Crippen LogP contribution in [0, 0.1) is 22.7 Å². The van der Waals surface area contributed by atoms with Crippen LogP contribution in [0.1, 0.15) is 89.0 Å². The van der Waals surface area contributed by atoms with Crippen molar-refractivity contribution in [1.29, 1.82) is 0 Å². The van der Waals surface area contributed by atoms with Crippen molar-refractivity contribution in [1.82, 2.24) is 10.6 Å². The van der Waals surface area contributed by atoms with Crippen molar-refractivity contribution in [3.8, 4) is 0 Å². The van der Waals surface area contributed by atoms with Crippen LogP contribution < -0.4 is 10.6 Å². The average molecular weight is 327 g/mol. The van der Waals surface area contributed by atoms with Crippen molar-refractivity contribution >= 4 is 0 Å². The molecule has 0 amide bonds. The van der Waals surface area contributed by atoms with Crippen molar-refractivity contribution in [2.24, 2.45) is 22.7 Å². The molecule has 0 bridgehead atoms. The topological polar surface area (TPSA) is 24.1 Å². The molecule has 0 aliphatic heterocycles. The Labute approximate surface area is 147 Å². The Morgan fingerprint density at radius 3 is 1.70 bits per heavy atom. The second-order valence-corrected chi connectivity index (χ2v) is 10.4. The van der Waals surface area contributed by atoms with Crippen molar-refractivity contribution in [3.05, 3.63) is 0 Å². The van der Waals surface area contributed by atoms with Gasteiger partial charge in [-0.25, -0.2) is 0 Å². The highest BCUT2D eigenvalue weighted by Gasteiger charge is 2.39. The van der Waals surface area contributed by atoms with Crippen LogP contribution in [0.15, 0.2) is 0 Å². The van der Waals surface area contributed by atoms with Crippen molar-refractivity contribution < 1.29 is 0 Å². The molecule has 1 unspecified atom stereocenters. The second kappa shape index (κ2) is 7.87. The fourth-order valence-electron chi connectivity index (χ4n) is 3.34. The number of rotatable bonds is 10. The van der Waals surface area contributed by atoms with Crippen LogP contribution in [0.5, 0.6) is 0 Å². The van der Waals surface area contributed by atoms with Crippen LogP contribution in [-0.4, -0.2) is 24.7 Å². The molecule has 0 heterocycles. The number of nitrogens with one attached hydrogen (secondary N) is 2. The minimum absolute atomic E-state index is 0.148. The zero-order chi connectivity index (χ0) is 18.7. The van der Waals surface area contributed by atoms with Crippen LogP contribution in [0.25, 0.3) is 0 Å². The highest BCUT2D eigenvalue weighted by Crippen LogP contribution is 2.39. The van der Waals surface area contributed by atoms with Crippen LogP contribution in [0.2, 0.25) is 0 Å². The lowest BCUT2D eigenvalue weighted by Gasteiger charge is -2.46. The molecular formula is C21H46N2. The molecule has 0 saturated heterocycles. The lowest BCUT2D eigenvalue weighted by atomic mass is 9.67. The minimum atomic E-state index is 0.148. The largest absolute Gasteiger partial charge is 0.315 e. The Morgan fingerprint density at radius 2 is 1.30 bits per heavy atom. The third kappa shape index (κ3) is 6.38. The lowest BCUT2D eigenvalue weighted by Crippen LogP contribution is -2.54. The van der Waals surface area contributed by atoms with Gasteiger partial charge < -0.3 is 10.6 Å². The molecule has 23 heavy (non-hydrogen) atoms. The number of hydrogen-bond acceptors (Lipinski definition) is 2. The summed E-state index contributed by atoms with van der Waals surface area (Å²) in [5.41, 5.74) is 0.963. The smallest absolute Gasteiger partial charge is 0.0178 e. The van der Waals surface area contributed by atoms with Crippen LogP contribution in [-0.2, 0) is 0 Å². The molecule has 2 heteroatoms. The zero-order valence-corrected chi connectivity index (χ0v) is 18.3. The Morgan fingerprint density at radius 1 is 0.826 bits per heavy atom. The third-order valence-electron chi connectivity index (χ3n) is 7.11. The van der Waals surface area contributed by atoms with Crippen LogP contribution >= 0.6 is 0 Å². The molecule has 2 N–H and O–H groups in total. The summed E-state index contributed by atoms with van der Waals surface area (Å²) in [7, 11) is 2.07. The molecular weight excluding hydrogens is 280 g/mol. The molecule has 1 atom stereocenters. The summed E-state index contributed by atoms with van der Waals surface area (Å²) >= 11 is 0. The molecule has 140 valence electrons. The van der Waals surface area contributed by atoms with Gasteiger partial charge in [0.25, 0.3) is 0 Å². The summed E-state index contributed by atoms with van der Waals surface area (Å²) in [6.07, 6.45) is 2.42. The summed E-state index contributed by atoms with van der Waals surface area (Å²) in [4.78, 5) is 0. The van der Waals surface area contributed by atoms with Gasteiger partial charge in [-0.1, -0.05) is 48.5 Å². The van der Waals surface area contributed by atoms with Gasteiger partial charge in [0.15, 0.2) is 0 Å². The Kier molecular flexibility index (Phi) is 7.84. The van der Waals surface area contributed by atoms with Crippen molar-refractivity contribution in [3.63, 3.8) is 0 Å². The molecule has 0 aliphatic carbocycles. The standard InChI is InChI=1S/C21H46N2/c1-16(2)20(8,9)21(10,11)23-14-13-17(3)18(4,5)15-19(6,7)22-12/h16-17,22-23H,13-15H2,1-12H3. The molecule has 0 aromatic carbocycles. The minimum Gasteiger partial charge on any atom is -0.315 e. The summed E-state index contributed by atoms with van der Waals surface area (Å²) in [5, 5.41) is 7.29. The van der Waals surface area contributed by atoms with Gasteiger partial charge in [-0.15, -0.1) is 0 Å². The molecule has 2 nitrogen and oxygen atoms in total. The predicted octanol–water partition coefficient (Wildman–Crippen LogP) is 5.48. The van der Waals surface area contributed by atoms with E-state index in [1.54, 1.807) is 0 Å². The summed E-state index contributed by atoms with van der Waals surface area (Å²) in [6, 6.07) is 0. The van der Waals surface area contributed by atoms with E-state index in [1.807, 2.05) is 0 Å². The van der Waals surface area contributed by atoms with Gasteiger partial charge in [0.1, 0.15) is 0 Å². The maximum absolute atomic E-state index is 3.84. The van der Waals surface area contributed by atoms with E-state index >= 15 is 0 Å². The first-order chi connectivity index (χ1) is 10.1. The zero-order valence-electron chi connectivity index (χ0n) is 18.3. The Bertz CT molecular complexity index is 351. The van der Waals surface area contributed by atoms with Crippen LogP contribution in [0.4, 0.5) is 0 Å². The molecule has 0 rings (SSSR count). The van der Waals surface area contributed by atoms with Gasteiger partial charge in [-0.2, -0.15) is 0 Å². The number of hydrogen-bond donors (Lipinski definition) is 2. The molecule has 0 aliphatic rings. The van der Waals surface area contributed by atoms with E-state index in [1.165, 1.54) is 12.8 Å². The first-order valence-electron chi connectivity index (χ1n) is 9.53. The maximum Gasteiger partial charge on any atom is 0.0178 e. The molecule has 0 saturated carbocycles. The Hall–Kier alpha value is -0.0800. The second-order valence-electron chi connectivity index (χ2n) is 10.4. The van der Waals surface area contributed by atoms with E-state index in [9.17, 15) is 0 Å². The predicted molar refractivity (Wildman–Crippen MR) is 106 cm³/mol. The van der Waals surface area contributed by atoms with Gasteiger partial charge in [0.2, 0.25) is 0 Å². The van der Waals surface area contributed by atoms with E-state index in [4.69, 9.17) is 0 Å². The summed E-state index contributed by atoms with van der Waals surface area (Å²) in [6.45, 7) is 27.1. The van der Waals surface area contributed by atoms with E-state index in [0.717, 1.165) is 6.54 Å². The molecule has 0 aromatic rings. The highest BCUT2D eigenvalue weighted by molar-refractivity contribution is 4.95. The summed E-state index contributed by atoms with van der Waals surface area (Å²) in [5.74, 6) is 1.36. The first-order valence-corrected chi connectivity index (χ1v) is 9.53. The third-order valence-corrected chi connectivity index (χ3v) is 7.11. The van der Waals surface area contributed by atoms with Gasteiger partial charge in [0.05, 0.1) is 0 Å². The summed E-state index contributed by atoms with van der Waals surface area (Å²) < 4.78 is 0. The molecule has 0 fully saturated rings. The molecule has 0 radical (unpaired) electrons. The Balaban J connectivity index is 4.63. The quantitative estimate of drug-likeness (QED) is 0.555. The molecule has 0 aromatic heterocycles. The fourth-order valence-corrected chi connectivity index (χ4v) is 3.34. The fraction of sp³-hybridized carbons (Fsp3) is 1.00. The van der Waals surface area contributed by atoms with Gasteiger partial charge >= 0.3 is 0 Å². The van der Waals surface area contributed by atoms with E-state index in [0.29, 0.717) is 17.3 Å². The van der Waals surface area contributed by atoms with E-state index < -0.39 is 0 Å². The lowest BCUT2D eigenvalue weighted by molar-refractivity contribution is 0.0889. The molecule has 0 spiro atoms.